The molecule has 7 nitrogen and oxygen atoms in total. The van der Waals surface area contributed by atoms with Gasteiger partial charge in [-0.2, -0.15) is 0 Å². The van der Waals surface area contributed by atoms with Crippen molar-refractivity contribution in [2.24, 2.45) is 0 Å². The molecular weight excluding hydrogens is 392 g/mol. The molecule has 0 heterocycles. The van der Waals surface area contributed by atoms with E-state index in [2.05, 4.69) is 5.32 Å². The van der Waals surface area contributed by atoms with Gasteiger partial charge in [-0.1, -0.05) is 12.1 Å². The molecule has 2 aromatic rings. The first-order chi connectivity index (χ1) is 13.4. The summed E-state index contributed by atoms with van der Waals surface area (Å²) in [5.41, 5.74) is 3.64. The summed E-state index contributed by atoms with van der Waals surface area (Å²) in [6.45, 7) is 7.03. The number of nitrogens with zero attached hydrogens (tertiary/aromatic N) is 1. The molecule has 8 heteroatoms. The van der Waals surface area contributed by atoms with E-state index in [1.807, 2.05) is 19.9 Å². The van der Waals surface area contributed by atoms with Gasteiger partial charge in [0.15, 0.2) is 0 Å². The maximum absolute atomic E-state index is 12.9. The maximum Gasteiger partial charge on any atom is 0.337 e. The van der Waals surface area contributed by atoms with Crippen LogP contribution in [0.15, 0.2) is 36.4 Å². The average Bonchev–Trinajstić information content (AvgIpc) is 2.60. The van der Waals surface area contributed by atoms with Gasteiger partial charge in [0.2, 0.25) is 15.9 Å². The molecule has 0 aliphatic rings. The third-order valence-corrected chi connectivity index (χ3v) is 5.71. The van der Waals surface area contributed by atoms with Gasteiger partial charge >= 0.3 is 5.97 Å². The Balaban J connectivity index is 2.39. The first-order valence-corrected chi connectivity index (χ1v) is 10.9. The highest BCUT2D eigenvalue weighted by Crippen LogP contribution is 2.25. The fraction of sp³-hybridized carbons (Fsp3) is 0.333. The number of amides is 1. The molecule has 1 N–H and O–H groups in total. The zero-order chi connectivity index (χ0) is 21.9. The molecule has 0 bridgehead atoms. The van der Waals surface area contributed by atoms with Crippen molar-refractivity contribution in [3.8, 4) is 0 Å². The van der Waals surface area contributed by atoms with Gasteiger partial charge in [-0.15, -0.1) is 0 Å². The van der Waals surface area contributed by atoms with Crippen LogP contribution in [0.4, 0.5) is 11.4 Å². The van der Waals surface area contributed by atoms with Crippen LogP contribution in [0.2, 0.25) is 0 Å². The number of esters is 1. The summed E-state index contributed by atoms with van der Waals surface area (Å²) in [4.78, 5) is 24.7. The fourth-order valence-corrected chi connectivity index (χ4v) is 4.28. The number of sulfonamides is 1. The zero-order valence-electron chi connectivity index (χ0n) is 17.4. The van der Waals surface area contributed by atoms with Gasteiger partial charge in [-0.25, -0.2) is 13.2 Å². The van der Waals surface area contributed by atoms with Crippen molar-refractivity contribution in [3.63, 3.8) is 0 Å². The minimum atomic E-state index is -3.73. The molecule has 2 rings (SSSR count). The van der Waals surface area contributed by atoms with Crippen LogP contribution in [-0.4, -0.2) is 39.7 Å². The molecule has 0 saturated carbocycles. The molecule has 1 atom stereocenters. The molecule has 0 unspecified atom stereocenters. The third-order valence-electron chi connectivity index (χ3n) is 4.47. The predicted octanol–water partition coefficient (Wildman–Crippen LogP) is 3.19. The largest absolute Gasteiger partial charge is 0.465 e. The first kappa shape index (κ1) is 22.4. The maximum atomic E-state index is 12.9. The summed E-state index contributed by atoms with van der Waals surface area (Å²) in [6, 6.07) is 9.15. The third kappa shape index (κ3) is 5.35. The van der Waals surface area contributed by atoms with Crippen LogP contribution in [0.3, 0.4) is 0 Å². The predicted molar refractivity (Wildman–Crippen MR) is 114 cm³/mol. The second kappa shape index (κ2) is 8.65. The molecule has 0 aliphatic carbocycles. The molecule has 0 radical (unpaired) electrons. The number of methoxy groups -OCH3 is 1. The molecule has 1 amide bonds. The van der Waals surface area contributed by atoms with Gasteiger partial charge < -0.3 is 10.1 Å². The summed E-state index contributed by atoms with van der Waals surface area (Å²) in [5.74, 6) is -1.04. The second-order valence-corrected chi connectivity index (χ2v) is 8.95. The lowest BCUT2D eigenvalue weighted by Crippen LogP contribution is -2.45. The smallest absolute Gasteiger partial charge is 0.337 e. The molecule has 0 spiro atoms. The Morgan fingerprint density at radius 1 is 1.03 bits per heavy atom. The van der Waals surface area contributed by atoms with Crippen LogP contribution < -0.4 is 9.62 Å². The second-order valence-electron chi connectivity index (χ2n) is 7.09. The lowest BCUT2D eigenvalue weighted by Gasteiger charge is -2.29. The molecule has 2 aromatic carbocycles. The van der Waals surface area contributed by atoms with Crippen LogP contribution in [-0.2, 0) is 19.6 Å². The Labute approximate surface area is 171 Å². The van der Waals surface area contributed by atoms with E-state index in [0.29, 0.717) is 11.4 Å². The number of anilines is 2. The number of ether oxygens (including phenoxy) is 1. The average molecular weight is 419 g/mol. The van der Waals surface area contributed by atoms with E-state index in [1.54, 1.807) is 31.2 Å². The summed E-state index contributed by atoms with van der Waals surface area (Å²) in [5, 5.41) is 2.73. The van der Waals surface area contributed by atoms with Crippen LogP contribution in [0, 0.1) is 20.8 Å². The van der Waals surface area contributed by atoms with E-state index < -0.39 is 27.9 Å². The van der Waals surface area contributed by atoms with Crippen molar-refractivity contribution in [2.45, 2.75) is 33.7 Å². The van der Waals surface area contributed by atoms with E-state index in [0.717, 1.165) is 27.3 Å². The van der Waals surface area contributed by atoms with E-state index in [1.165, 1.54) is 20.1 Å². The number of carbonyl (C=O) groups is 2. The Morgan fingerprint density at radius 3 is 2.14 bits per heavy atom. The molecule has 0 aromatic heterocycles. The summed E-state index contributed by atoms with van der Waals surface area (Å²) in [6.07, 6.45) is 1.07. The Hall–Kier alpha value is -2.87. The van der Waals surface area contributed by atoms with Gasteiger partial charge in [0.25, 0.3) is 0 Å². The summed E-state index contributed by atoms with van der Waals surface area (Å²) in [7, 11) is -2.45. The van der Waals surface area contributed by atoms with Crippen molar-refractivity contribution in [1.29, 1.82) is 0 Å². The SMILES string of the molecule is COC(=O)c1ccc(C)c(NC(=O)[C@H](C)N(c2cc(C)cc(C)c2)S(C)(=O)=O)c1. The molecule has 29 heavy (non-hydrogen) atoms. The van der Waals surface area contributed by atoms with Crippen molar-refractivity contribution in [2.75, 3.05) is 23.0 Å². The van der Waals surface area contributed by atoms with Crippen LogP contribution in [0.25, 0.3) is 0 Å². The fourth-order valence-electron chi connectivity index (χ4n) is 3.13. The highest BCUT2D eigenvalue weighted by atomic mass is 32.2. The van der Waals surface area contributed by atoms with Gasteiger partial charge in [0, 0.05) is 5.69 Å². The normalized spacial score (nSPS) is 12.2. The van der Waals surface area contributed by atoms with Gasteiger partial charge in [0.05, 0.1) is 24.6 Å². The van der Waals surface area contributed by atoms with Crippen molar-refractivity contribution in [1.82, 2.24) is 0 Å². The van der Waals surface area contributed by atoms with Crippen LogP contribution >= 0.6 is 0 Å². The lowest BCUT2D eigenvalue weighted by molar-refractivity contribution is -0.116. The number of rotatable bonds is 6. The molecule has 0 aliphatic heterocycles. The number of nitrogens with one attached hydrogen (secondary N) is 1. The molecule has 0 saturated heterocycles. The minimum Gasteiger partial charge on any atom is -0.465 e. The number of aryl methyl sites for hydroxylation is 3. The Bertz CT molecular complexity index is 1030. The number of carbonyl (C=O) groups excluding carboxylic acids is 2. The van der Waals surface area contributed by atoms with E-state index in [4.69, 9.17) is 4.74 Å². The number of hydrogen-bond acceptors (Lipinski definition) is 5. The highest BCUT2D eigenvalue weighted by molar-refractivity contribution is 7.92. The van der Waals surface area contributed by atoms with Gasteiger partial charge in [-0.05, 0) is 68.7 Å². The van der Waals surface area contributed by atoms with Gasteiger partial charge in [0.1, 0.15) is 6.04 Å². The van der Waals surface area contributed by atoms with Crippen molar-refractivity contribution in [3.05, 3.63) is 58.7 Å². The highest BCUT2D eigenvalue weighted by Gasteiger charge is 2.29. The van der Waals surface area contributed by atoms with Crippen LogP contribution in [0.1, 0.15) is 34.0 Å². The van der Waals surface area contributed by atoms with E-state index >= 15 is 0 Å². The number of hydrogen-bond donors (Lipinski definition) is 1. The summed E-state index contributed by atoms with van der Waals surface area (Å²) < 4.78 is 30.8. The van der Waals surface area contributed by atoms with Crippen LogP contribution in [0.5, 0.6) is 0 Å². The topological polar surface area (TPSA) is 92.8 Å². The quantitative estimate of drug-likeness (QED) is 0.727. The number of benzene rings is 2. The standard InChI is InChI=1S/C21H26N2O5S/c1-13-9-14(2)11-18(10-13)23(29(6,26)27)16(4)20(24)22-19-12-17(21(25)28-5)8-7-15(19)3/h7-12,16H,1-6H3,(H,22,24)/t16-/m0/s1. The Kier molecular flexibility index (Phi) is 6.69. The van der Waals surface area contributed by atoms with Crippen molar-refractivity contribution < 1.29 is 22.7 Å². The molecule has 156 valence electrons. The summed E-state index contributed by atoms with van der Waals surface area (Å²) >= 11 is 0. The monoisotopic (exact) mass is 418 g/mol. The Morgan fingerprint density at radius 2 is 1.62 bits per heavy atom. The molecule has 0 fully saturated rings. The van der Waals surface area contributed by atoms with Crippen molar-refractivity contribution >= 4 is 33.3 Å². The first-order valence-electron chi connectivity index (χ1n) is 9.01. The van der Waals surface area contributed by atoms with E-state index in [-0.39, 0.29) is 5.56 Å². The van der Waals surface area contributed by atoms with Gasteiger partial charge in [-0.3, -0.25) is 9.10 Å². The molecular formula is C21H26N2O5S. The zero-order valence-corrected chi connectivity index (χ0v) is 18.3. The van der Waals surface area contributed by atoms with E-state index in [9.17, 15) is 18.0 Å². The lowest BCUT2D eigenvalue weighted by atomic mass is 10.1. The minimum absolute atomic E-state index is 0.287.